The van der Waals surface area contributed by atoms with E-state index in [1.807, 2.05) is 49.4 Å². The lowest BCUT2D eigenvalue weighted by molar-refractivity contribution is -0.143. The lowest BCUT2D eigenvalue weighted by Crippen LogP contribution is -2.28. The first-order valence-corrected chi connectivity index (χ1v) is 12.5. The van der Waals surface area contributed by atoms with Crippen LogP contribution in [0, 0.1) is 7.14 Å². The van der Waals surface area contributed by atoms with Crippen molar-refractivity contribution in [3.8, 4) is 11.5 Å². The maximum atomic E-state index is 12.9. The molecule has 0 bridgehead atoms. The number of esters is 1. The predicted molar refractivity (Wildman–Crippen MR) is 142 cm³/mol. The minimum atomic E-state index is -0.445. The number of rotatable bonds is 7. The van der Waals surface area contributed by atoms with E-state index in [9.17, 15) is 9.59 Å². The van der Waals surface area contributed by atoms with Crippen molar-refractivity contribution < 1.29 is 23.8 Å². The molecule has 1 fully saturated rings. The third-order valence-corrected chi connectivity index (χ3v) is 6.99. The highest BCUT2D eigenvalue weighted by Crippen LogP contribution is 2.36. The summed E-state index contributed by atoms with van der Waals surface area (Å²) in [4.78, 5) is 31.2. The van der Waals surface area contributed by atoms with Gasteiger partial charge in [0, 0.05) is 6.54 Å². The average molecular weight is 678 g/mol. The van der Waals surface area contributed by atoms with Crippen LogP contribution in [-0.4, -0.2) is 49.3 Å². The summed E-state index contributed by atoms with van der Waals surface area (Å²) in [6.45, 7) is 2.28. The number of benzene rings is 2. The Labute approximate surface area is 217 Å². The number of amidine groups is 1. The highest BCUT2D eigenvalue weighted by molar-refractivity contribution is 14.1. The van der Waals surface area contributed by atoms with Gasteiger partial charge in [-0.1, -0.05) is 0 Å². The van der Waals surface area contributed by atoms with Crippen molar-refractivity contribution in [1.82, 2.24) is 4.90 Å². The summed E-state index contributed by atoms with van der Waals surface area (Å²) < 4.78 is 17.1. The van der Waals surface area contributed by atoms with Crippen molar-refractivity contribution in [2.75, 3.05) is 27.4 Å². The molecule has 1 heterocycles. The summed E-state index contributed by atoms with van der Waals surface area (Å²) in [5, 5.41) is 0.636. The number of nitrogens with zero attached hydrogens (tertiary/aromatic N) is 2. The molecule has 0 saturated carbocycles. The second-order valence-corrected chi connectivity index (χ2v) is 9.76. The van der Waals surface area contributed by atoms with Crippen molar-refractivity contribution in [1.29, 1.82) is 0 Å². The first-order valence-electron chi connectivity index (χ1n) is 9.49. The Morgan fingerprint density at radius 1 is 1.16 bits per heavy atom. The molecule has 1 saturated heterocycles. The van der Waals surface area contributed by atoms with Crippen molar-refractivity contribution in [3.05, 3.63) is 54.0 Å². The molecule has 1 aliphatic heterocycles. The maximum Gasteiger partial charge on any atom is 0.343 e. The molecule has 7 nitrogen and oxygen atoms in total. The largest absolute Gasteiger partial charge is 0.497 e. The van der Waals surface area contributed by atoms with Gasteiger partial charge in [-0.05, 0) is 112 Å². The van der Waals surface area contributed by atoms with E-state index in [1.54, 1.807) is 12.0 Å². The van der Waals surface area contributed by atoms with Crippen molar-refractivity contribution in [2.45, 2.75) is 6.92 Å². The molecular formula is C22H20I2N2O5S. The van der Waals surface area contributed by atoms with Gasteiger partial charge < -0.3 is 14.2 Å². The number of halogens is 2. The van der Waals surface area contributed by atoms with Gasteiger partial charge in [0.05, 0.1) is 32.0 Å². The molecule has 0 aliphatic carbocycles. The van der Waals surface area contributed by atoms with Crippen LogP contribution in [0.4, 0.5) is 5.69 Å². The average Bonchev–Trinajstić information content (AvgIpc) is 3.07. The van der Waals surface area contributed by atoms with E-state index in [0.717, 1.165) is 24.1 Å². The molecule has 2 aromatic rings. The number of hydrogen-bond acceptors (Lipinski definition) is 7. The topological polar surface area (TPSA) is 77.4 Å². The Morgan fingerprint density at radius 3 is 2.38 bits per heavy atom. The molecule has 0 atom stereocenters. The van der Waals surface area contributed by atoms with Gasteiger partial charge >= 0.3 is 5.97 Å². The van der Waals surface area contributed by atoms with E-state index in [2.05, 4.69) is 54.9 Å². The quantitative estimate of drug-likeness (QED) is 0.231. The standard InChI is InChI=1S/C22H20I2N2O5S/c1-4-26-21(28)18(32-22(26)25-14-5-7-15(29-2)8-6-14)11-13-9-16(23)20(17(24)10-13)31-12-19(27)30-3/h5-11H,4,12H2,1-3H3/b18-11+,25-22?. The molecule has 0 unspecified atom stereocenters. The third-order valence-electron chi connectivity index (χ3n) is 4.38. The zero-order valence-corrected chi connectivity index (χ0v) is 22.7. The summed E-state index contributed by atoms with van der Waals surface area (Å²) in [5.74, 6) is 0.834. The molecule has 0 radical (unpaired) electrons. The van der Waals surface area contributed by atoms with Gasteiger partial charge in [0.15, 0.2) is 11.8 Å². The SMILES string of the molecule is CCN1C(=O)/C(=C\c2cc(I)c(OCC(=O)OC)c(I)c2)SC1=Nc1ccc(OC)cc1. The summed E-state index contributed by atoms with van der Waals surface area (Å²) in [7, 11) is 2.93. The molecule has 0 spiro atoms. The van der Waals surface area contributed by atoms with E-state index < -0.39 is 5.97 Å². The van der Waals surface area contributed by atoms with Crippen LogP contribution >= 0.6 is 56.9 Å². The summed E-state index contributed by atoms with van der Waals surface area (Å²) in [5.41, 5.74) is 1.61. The number of hydrogen-bond donors (Lipinski definition) is 0. The number of likely N-dealkylation sites (N-methyl/N-ethyl adjacent to an activating group) is 1. The van der Waals surface area contributed by atoms with E-state index in [-0.39, 0.29) is 12.5 Å². The fourth-order valence-corrected chi connectivity index (χ4v) is 5.97. The fraction of sp³-hybridized carbons (Fsp3) is 0.227. The minimum absolute atomic E-state index is 0.0826. The summed E-state index contributed by atoms with van der Waals surface area (Å²) >= 11 is 5.65. The number of carbonyl (C=O) groups is 2. The Balaban J connectivity index is 1.85. The summed E-state index contributed by atoms with van der Waals surface area (Å²) in [6.07, 6.45) is 1.85. The second kappa shape index (κ2) is 11.4. The molecule has 0 N–H and O–H groups in total. The Hall–Kier alpha value is -1.80. The van der Waals surface area contributed by atoms with E-state index in [0.29, 0.717) is 22.4 Å². The number of carbonyl (C=O) groups excluding carboxylic acids is 2. The molecule has 10 heteroatoms. The first kappa shape index (κ1) is 24.8. The van der Waals surface area contributed by atoms with Crippen LogP contribution in [0.15, 0.2) is 46.3 Å². The van der Waals surface area contributed by atoms with Crippen LogP contribution in [0.1, 0.15) is 12.5 Å². The fourth-order valence-electron chi connectivity index (χ4n) is 2.78. The summed E-state index contributed by atoms with van der Waals surface area (Å²) in [6, 6.07) is 11.2. The third kappa shape index (κ3) is 5.95. The smallest absolute Gasteiger partial charge is 0.343 e. The Bertz CT molecular complexity index is 1060. The van der Waals surface area contributed by atoms with E-state index in [1.165, 1.54) is 18.9 Å². The van der Waals surface area contributed by atoms with Gasteiger partial charge in [0.1, 0.15) is 11.5 Å². The Kier molecular flexibility index (Phi) is 8.82. The van der Waals surface area contributed by atoms with Crippen LogP contribution < -0.4 is 9.47 Å². The van der Waals surface area contributed by atoms with Gasteiger partial charge in [0.2, 0.25) is 0 Å². The van der Waals surface area contributed by atoms with Crippen LogP contribution in [-0.2, 0) is 14.3 Å². The molecule has 168 valence electrons. The predicted octanol–water partition coefficient (Wildman–Crippen LogP) is 5.08. The lowest BCUT2D eigenvalue weighted by Gasteiger charge is -2.12. The highest BCUT2D eigenvalue weighted by atomic mass is 127. The number of methoxy groups -OCH3 is 2. The van der Waals surface area contributed by atoms with Crippen LogP contribution in [0.2, 0.25) is 0 Å². The normalized spacial score (nSPS) is 16.0. The minimum Gasteiger partial charge on any atom is -0.497 e. The van der Waals surface area contributed by atoms with Crippen LogP contribution in [0.5, 0.6) is 11.5 Å². The molecule has 32 heavy (non-hydrogen) atoms. The van der Waals surface area contributed by atoms with Crippen molar-refractivity contribution >= 4 is 85.8 Å². The molecular weight excluding hydrogens is 658 g/mol. The number of thioether (sulfide) groups is 1. The van der Waals surface area contributed by atoms with Gasteiger partial charge in [-0.2, -0.15) is 0 Å². The molecule has 2 aromatic carbocycles. The maximum absolute atomic E-state index is 12.9. The molecule has 1 aliphatic rings. The first-order chi connectivity index (χ1) is 15.4. The molecule has 0 aromatic heterocycles. The zero-order chi connectivity index (χ0) is 23.3. The van der Waals surface area contributed by atoms with Crippen LogP contribution in [0.3, 0.4) is 0 Å². The zero-order valence-electron chi connectivity index (χ0n) is 17.6. The van der Waals surface area contributed by atoms with Gasteiger partial charge in [-0.15, -0.1) is 0 Å². The molecule has 1 amide bonds. The number of aliphatic imine (C=N–C) groups is 1. The Morgan fingerprint density at radius 2 is 1.81 bits per heavy atom. The van der Waals surface area contributed by atoms with Gasteiger partial charge in [-0.3, -0.25) is 9.69 Å². The van der Waals surface area contributed by atoms with E-state index in [4.69, 9.17) is 9.47 Å². The van der Waals surface area contributed by atoms with Gasteiger partial charge in [0.25, 0.3) is 5.91 Å². The van der Waals surface area contributed by atoms with Gasteiger partial charge in [-0.25, -0.2) is 9.79 Å². The van der Waals surface area contributed by atoms with E-state index >= 15 is 0 Å². The number of amides is 1. The van der Waals surface area contributed by atoms with Crippen LogP contribution in [0.25, 0.3) is 6.08 Å². The van der Waals surface area contributed by atoms with Crippen molar-refractivity contribution in [2.24, 2.45) is 4.99 Å². The molecule has 3 rings (SSSR count). The number of ether oxygens (including phenoxy) is 3. The lowest BCUT2D eigenvalue weighted by atomic mass is 10.2. The monoisotopic (exact) mass is 678 g/mol. The van der Waals surface area contributed by atoms with Crippen molar-refractivity contribution in [3.63, 3.8) is 0 Å². The highest BCUT2D eigenvalue weighted by Gasteiger charge is 2.32. The second-order valence-electron chi connectivity index (χ2n) is 6.43.